The van der Waals surface area contributed by atoms with Crippen LogP contribution in [-0.2, 0) is 14.6 Å². The topological polar surface area (TPSA) is 78.3 Å². The van der Waals surface area contributed by atoms with Gasteiger partial charge in [0.05, 0.1) is 17.2 Å². The first-order valence-corrected chi connectivity index (χ1v) is 9.92. The molecule has 0 radical (unpaired) electrons. The molecule has 3 aromatic rings. The van der Waals surface area contributed by atoms with Gasteiger partial charge in [-0.3, -0.25) is 0 Å². The third-order valence-electron chi connectivity index (χ3n) is 3.79. The standard InChI is InChI=1S/C19H18N2O4S/c1-3-25-19(22)17-13-21(15-7-5-4-6-8-15)20-18(17)14-9-11-16(12-10-14)26(2,23)24/h4-13H,3H2,1-2H3. The molecule has 0 N–H and O–H groups in total. The van der Waals surface area contributed by atoms with Crippen LogP contribution in [0.5, 0.6) is 0 Å². The summed E-state index contributed by atoms with van der Waals surface area (Å²) in [4.78, 5) is 12.5. The Hall–Kier alpha value is -2.93. The van der Waals surface area contributed by atoms with Gasteiger partial charge in [0, 0.05) is 18.0 Å². The molecule has 0 amide bonds. The summed E-state index contributed by atoms with van der Waals surface area (Å²) in [5, 5.41) is 4.51. The van der Waals surface area contributed by atoms with Crippen LogP contribution < -0.4 is 0 Å². The van der Waals surface area contributed by atoms with Crippen molar-refractivity contribution in [2.45, 2.75) is 11.8 Å². The predicted octanol–water partition coefficient (Wildman–Crippen LogP) is 3.12. The van der Waals surface area contributed by atoms with Crippen molar-refractivity contribution in [3.63, 3.8) is 0 Å². The number of nitrogens with zero attached hydrogens (tertiary/aromatic N) is 2. The van der Waals surface area contributed by atoms with Crippen LogP contribution in [0.4, 0.5) is 0 Å². The van der Waals surface area contributed by atoms with Gasteiger partial charge < -0.3 is 4.74 Å². The molecule has 134 valence electrons. The number of carbonyl (C=O) groups excluding carboxylic acids is 1. The van der Waals surface area contributed by atoms with Gasteiger partial charge in [0.1, 0.15) is 11.3 Å². The fourth-order valence-electron chi connectivity index (χ4n) is 2.52. The van der Waals surface area contributed by atoms with Crippen molar-refractivity contribution >= 4 is 15.8 Å². The number of aromatic nitrogens is 2. The van der Waals surface area contributed by atoms with E-state index in [1.165, 1.54) is 12.1 Å². The average Bonchev–Trinajstić information content (AvgIpc) is 3.07. The molecule has 6 nitrogen and oxygen atoms in total. The highest BCUT2D eigenvalue weighted by molar-refractivity contribution is 7.90. The number of hydrogen-bond acceptors (Lipinski definition) is 5. The minimum absolute atomic E-state index is 0.210. The number of para-hydroxylation sites is 1. The molecule has 0 aliphatic heterocycles. The van der Waals surface area contributed by atoms with Gasteiger partial charge >= 0.3 is 5.97 Å². The van der Waals surface area contributed by atoms with Crippen molar-refractivity contribution in [2.24, 2.45) is 0 Å². The number of hydrogen-bond donors (Lipinski definition) is 0. The lowest BCUT2D eigenvalue weighted by Crippen LogP contribution is -2.05. The number of carbonyl (C=O) groups is 1. The van der Waals surface area contributed by atoms with E-state index in [0.29, 0.717) is 16.8 Å². The van der Waals surface area contributed by atoms with Gasteiger partial charge in [-0.15, -0.1) is 0 Å². The summed E-state index contributed by atoms with van der Waals surface area (Å²) in [7, 11) is -3.29. The van der Waals surface area contributed by atoms with E-state index in [4.69, 9.17) is 4.74 Å². The average molecular weight is 370 g/mol. The lowest BCUT2D eigenvalue weighted by Gasteiger charge is -2.04. The fraction of sp³-hybridized carbons (Fsp3) is 0.158. The number of rotatable bonds is 5. The van der Waals surface area contributed by atoms with Crippen LogP contribution in [0.15, 0.2) is 65.7 Å². The maximum absolute atomic E-state index is 12.3. The molecule has 1 aromatic heterocycles. The lowest BCUT2D eigenvalue weighted by molar-refractivity contribution is 0.0527. The Kier molecular flexibility index (Phi) is 4.90. The predicted molar refractivity (Wildman–Crippen MR) is 98.1 cm³/mol. The Morgan fingerprint density at radius 1 is 1.08 bits per heavy atom. The third kappa shape index (κ3) is 3.67. The Bertz CT molecular complexity index is 1020. The van der Waals surface area contributed by atoms with Crippen molar-refractivity contribution in [1.82, 2.24) is 9.78 Å². The van der Waals surface area contributed by atoms with Crippen LogP contribution in [0.3, 0.4) is 0 Å². The van der Waals surface area contributed by atoms with Crippen molar-refractivity contribution < 1.29 is 17.9 Å². The molecule has 0 aliphatic rings. The van der Waals surface area contributed by atoms with Crippen molar-refractivity contribution in [1.29, 1.82) is 0 Å². The van der Waals surface area contributed by atoms with Crippen LogP contribution in [0.1, 0.15) is 17.3 Å². The molecule has 1 heterocycles. The monoisotopic (exact) mass is 370 g/mol. The quantitative estimate of drug-likeness (QED) is 0.645. The molecular weight excluding hydrogens is 352 g/mol. The number of ether oxygens (including phenoxy) is 1. The molecule has 0 bridgehead atoms. The largest absolute Gasteiger partial charge is 0.462 e. The summed E-state index contributed by atoms with van der Waals surface area (Å²) >= 11 is 0. The highest BCUT2D eigenvalue weighted by atomic mass is 32.2. The van der Waals surface area contributed by atoms with Crippen LogP contribution in [0.2, 0.25) is 0 Å². The summed E-state index contributed by atoms with van der Waals surface area (Å²) in [5.74, 6) is -0.475. The van der Waals surface area contributed by atoms with Crippen molar-refractivity contribution in [3.8, 4) is 16.9 Å². The highest BCUT2D eigenvalue weighted by Crippen LogP contribution is 2.26. The summed E-state index contributed by atoms with van der Waals surface area (Å²) in [5.41, 5.74) is 2.20. The molecule has 0 spiro atoms. The molecule has 7 heteroatoms. The Morgan fingerprint density at radius 3 is 2.31 bits per heavy atom. The number of benzene rings is 2. The molecule has 3 rings (SSSR count). The third-order valence-corrected chi connectivity index (χ3v) is 4.91. The zero-order valence-electron chi connectivity index (χ0n) is 14.4. The van der Waals surface area contributed by atoms with Gasteiger partial charge in [-0.1, -0.05) is 30.3 Å². The van der Waals surface area contributed by atoms with E-state index in [9.17, 15) is 13.2 Å². The van der Waals surface area contributed by atoms with E-state index in [0.717, 1.165) is 11.9 Å². The number of sulfone groups is 1. The maximum Gasteiger partial charge on any atom is 0.342 e. The van der Waals surface area contributed by atoms with Gasteiger partial charge in [0.25, 0.3) is 0 Å². The summed E-state index contributed by atoms with van der Waals surface area (Å²) in [6, 6.07) is 15.7. The number of esters is 1. The maximum atomic E-state index is 12.3. The fourth-order valence-corrected chi connectivity index (χ4v) is 3.15. The molecule has 0 aliphatic carbocycles. The minimum atomic E-state index is -3.29. The molecule has 0 fully saturated rings. The van der Waals surface area contributed by atoms with E-state index in [1.54, 1.807) is 29.9 Å². The second-order valence-electron chi connectivity index (χ2n) is 5.69. The molecule has 2 aromatic carbocycles. The van der Waals surface area contributed by atoms with Gasteiger partial charge in [-0.25, -0.2) is 17.9 Å². The zero-order valence-corrected chi connectivity index (χ0v) is 15.2. The SMILES string of the molecule is CCOC(=O)c1cn(-c2ccccc2)nc1-c1ccc(S(C)(=O)=O)cc1. The second kappa shape index (κ2) is 7.13. The first kappa shape index (κ1) is 17.9. The Morgan fingerprint density at radius 2 is 1.73 bits per heavy atom. The molecule has 0 saturated heterocycles. The lowest BCUT2D eigenvalue weighted by atomic mass is 10.1. The highest BCUT2D eigenvalue weighted by Gasteiger charge is 2.20. The van der Waals surface area contributed by atoms with Gasteiger partial charge in [0.15, 0.2) is 9.84 Å². The Balaban J connectivity index is 2.10. The smallest absolute Gasteiger partial charge is 0.342 e. The van der Waals surface area contributed by atoms with Crippen LogP contribution in [0.25, 0.3) is 16.9 Å². The van der Waals surface area contributed by atoms with Gasteiger partial charge in [0.2, 0.25) is 0 Å². The summed E-state index contributed by atoms with van der Waals surface area (Å²) < 4.78 is 30.0. The van der Waals surface area contributed by atoms with Crippen LogP contribution in [-0.4, -0.2) is 37.0 Å². The van der Waals surface area contributed by atoms with Crippen molar-refractivity contribution in [3.05, 3.63) is 66.4 Å². The van der Waals surface area contributed by atoms with Gasteiger partial charge in [-0.2, -0.15) is 5.10 Å². The first-order chi connectivity index (χ1) is 12.4. The summed E-state index contributed by atoms with van der Waals surface area (Å²) in [6.45, 7) is 1.99. The van der Waals surface area contributed by atoms with E-state index in [2.05, 4.69) is 5.10 Å². The Labute approximate surface area is 152 Å². The molecule has 26 heavy (non-hydrogen) atoms. The minimum Gasteiger partial charge on any atom is -0.462 e. The molecule has 0 saturated carbocycles. The van der Waals surface area contributed by atoms with E-state index in [-0.39, 0.29) is 11.5 Å². The molecule has 0 atom stereocenters. The summed E-state index contributed by atoms with van der Waals surface area (Å²) in [6.07, 6.45) is 2.77. The van der Waals surface area contributed by atoms with Gasteiger partial charge in [-0.05, 0) is 31.2 Å². The van der Waals surface area contributed by atoms with Crippen molar-refractivity contribution in [2.75, 3.05) is 12.9 Å². The normalized spacial score (nSPS) is 11.3. The van der Waals surface area contributed by atoms with E-state index in [1.807, 2.05) is 30.3 Å². The molecule has 0 unspecified atom stereocenters. The van der Waals surface area contributed by atoms with E-state index >= 15 is 0 Å². The second-order valence-corrected chi connectivity index (χ2v) is 7.70. The zero-order chi connectivity index (χ0) is 18.7. The first-order valence-electron chi connectivity index (χ1n) is 8.03. The van der Waals surface area contributed by atoms with Crippen LogP contribution >= 0.6 is 0 Å². The molecular formula is C19H18N2O4S. The van der Waals surface area contributed by atoms with E-state index < -0.39 is 15.8 Å². The van der Waals surface area contributed by atoms with Crippen LogP contribution in [0, 0.1) is 0 Å².